The molecule has 4 heteroatoms. The van der Waals surface area contributed by atoms with Crippen LogP contribution in [-0.2, 0) is 13.0 Å². The molecule has 2 heterocycles. The number of rotatable bonds is 8. The highest BCUT2D eigenvalue weighted by Crippen LogP contribution is 2.28. The average Bonchev–Trinajstić information content (AvgIpc) is 3.27. The molecule has 2 aromatic rings. The van der Waals surface area contributed by atoms with E-state index in [2.05, 4.69) is 58.2 Å². The summed E-state index contributed by atoms with van der Waals surface area (Å²) in [6, 6.07) is 15.5. The van der Waals surface area contributed by atoms with E-state index < -0.39 is 0 Å². The molecule has 1 saturated heterocycles. The van der Waals surface area contributed by atoms with Crippen LogP contribution in [-0.4, -0.2) is 53.6 Å². The molecule has 1 aliphatic carbocycles. The quantitative estimate of drug-likeness (QED) is 0.658. The van der Waals surface area contributed by atoms with Gasteiger partial charge in [0, 0.05) is 49.6 Å². The Balaban J connectivity index is 1.31. The molecule has 4 nitrogen and oxygen atoms in total. The van der Waals surface area contributed by atoms with Crippen LogP contribution in [0.4, 0.5) is 0 Å². The van der Waals surface area contributed by atoms with Gasteiger partial charge >= 0.3 is 0 Å². The van der Waals surface area contributed by atoms with E-state index in [0.29, 0.717) is 12.1 Å². The highest BCUT2D eigenvalue weighted by molar-refractivity contribution is 5.33. The second-order valence-electron chi connectivity index (χ2n) is 8.71. The van der Waals surface area contributed by atoms with Crippen LogP contribution in [0.1, 0.15) is 49.8 Å². The number of piperidine rings is 1. The maximum absolute atomic E-state index is 6.37. The first-order valence-electron chi connectivity index (χ1n) is 11.3. The molecule has 156 valence electrons. The molecule has 1 saturated carbocycles. The number of benzene rings is 1. The van der Waals surface area contributed by atoms with Gasteiger partial charge in [0.15, 0.2) is 0 Å². The van der Waals surface area contributed by atoms with E-state index in [0.717, 1.165) is 31.8 Å². The molecule has 1 aromatic carbocycles. The number of ether oxygens (including phenoxy) is 1. The summed E-state index contributed by atoms with van der Waals surface area (Å²) < 4.78 is 6.37. The van der Waals surface area contributed by atoms with Gasteiger partial charge in [0.1, 0.15) is 5.75 Å². The number of pyridine rings is 1. The standard InChI is InChI=1S/C25H35N3O/c1-27(18-15-22-10-6-7-16-26-22)23-11-8-17-28(20-23)19-21-9-2-5-14-25(21)29-24-12-3-4-13-24/h2,5-7,9-10,14,16,23-24H,3-4,8,11-13,15,17-20H2,1H3. The zero-order chi connectivity index (χ0) is 19.9. The summed E-state index contributed by atoms with van der Waals surface area (Å²) in [6.07, 6.45) is 10.9. The number of likely N-dealkylation sites (N-methyl/N-ethyl adjacent to an activating group) is 1. The predicted octanol–water partition coefficient (Wildman–Crippen LogP) is 4.54. The van der Waals surface area contributed by atoms with Crippen LogP contribution in [0.3, 0.4) is 0 Å². The number of hydrogen-bond donors (Lipinski definition) is 0. The van der Waals surface area contributed by atoms with Crippen LogP contribution in [0.5, 0.6) is 5.75 Å². The minimum Gasteiger partial charge on any atom is -0.490 e. The van der Waals surface area contributed by atoms with Crippen molar-refractivity contribution in [2.24, 2.45) is 0 Å². The summed E-state index contributed by atoms with van der Waals surface area (Å²) in [5.41, 5.74) is 2.53. The van der Waals surface area contributed by atoms with Gasteiger partial charge in [0.2, 0.25) is 0 Å². The van der Waals surface area contributed by atoms with Crippen LogP contribution in [0.15, 0.2) is 48.7 Å². The average molecular weight is 394 g/mol. The molecule has 0 N–H and O–H groups in total. The molecule has 0 radical (unpaired) electrons. The largest absolute Gasteiger partial charge is 0.490 e. The van der Waals surface area contributed by atoms with E-state index in [-0.39, 0.29) is 0 Å². The first kappa shape index (κ1) is 20.4. The zero-order valence-electron chi connectivity index (χ0n) is 17.8. The van der Waals surface area contributed by atoms with Crippen LogP contribution >= 0.6 is 0 Å². The Morgan fingerprint density at radius 2 is 1.86 bits per heavy atom. The van der Waals surface area contributed by atoms with E-state index in [1.54, 1.807) is 0 Å². The van der Waals surface area contributed by atoms with Crippen LogP contribution in [0.25, 0.3) is 0 Å². The van der Waals surface area contributed by atoms with Crippen LogP contribution < -0.4 is 4.74 Å². The lowest BCUT2D eigenvalue weighted by Gasteiger charge is -2.38. The molecule has 1 aliphatic heterocycles. The SMILES string of the molecule is CN(CCc1ccccn1)C1CCCN(Cc2ccccc2OC2CCCC2)C1. The molecule has 0 spiro atoms. The Bertz CT molecular complexity index is 745. The van der Waals surface area contributed by atoms with Gasteiger partial charge in [-0.15, -0.1) is 0 Å². The summed E-state index contributed by atoms with van der Waals surface area (Å²) in [4.78, 5) is 9.61. The van der Waals surface area contributed by atoms with Crippen molar-refractivity contribution in [1.29, 1.82) is 0 Å². The molecular formula is C25H35N3O. The topological polar surface area (TPSA) is 28.6 Å². The third-order valence-electron chi connectivity index (χ3n) is 6.51. The number of aromatic nitrogens is 1. The Labute approximate surface area is 175 Å². The summed E-state index contributed by atoms with van der Waals surface area (Å²) in [5, 5.41) is 0. The number of likely N-dealkylation sites (tertiary alicyclic amines) is 1. The normalized spacial score (nSPS) is 21.0. The predicted molar refractivity (Wildman–Crippen MR) is 118 cm³/mol. The van der Waals surface area contributed by atoms with Crippen molar-refractivity contribution < 1.29 is 4.74 Å². The second kappa shape index (κ2) is 10.2. The van der Waals surface area contributed by atoms with Crippen LogP contribution in [0, 0.1) is 0 Å². The fourth-order valence-corrected chi connectivity index (χ4v) is 4.73. The maximum Gasteiger partial charge on any atom is 0.124 e. The van der Waals surface area contributed by atoms with Crippen molar-refractivity contribution in [2.45, 2.75) is 63.6 Å². The van der Waals surface area contributed by atoms with Crippen molar-refractivity contribution in [3.63, 3.8) is 0 Å². The molecule has 0 bridgehead atoms. The summed E-state index contributed by atoms with van der Waals surface area (Å²) in [5.74, 6) is 1.10. The third kappa shape index (κ3) is 5.80. The molecule has 1 atom stereocenters. The Morgan fingerprint density at radius 3 is 2.69 bits per heavy atom. The van der Waals surface area contributed by atoms with Gasteiger partial charge in [-0.2, -0.15) is 0 Å². The summed E-state index contributed by atoms with van der Waals surface area (Å²) in [7, 11) is 2.27. The van der Waals surface area contributed by atoms with Gasteiger partial charge in [0.25, 0.3) is 0 Å². The summed E-state index contributed by atoms with van der Waals surface area (Å²) in [6.45, 7) is 4.38. The summed E-state index contributed by atoms with van der Waals surface area (Å²) >= 11 is 0. The first-order valence-corrected chi connectivity index (χ1v) is 11.3. The Morgan fingerprint density at radius 1 is 1.03 bits per heavy atom. The highest BCUT2D eigenvalue weighted by Gasteiger charge is 2.24. The van der Waals surface area contributed by atoms with Crippen LogP contribution in [0.2, 0.25) is 0 Å². The molecule has 0 amide bonds. The van der Waals surface area contributed by atoms with Crippen molar-refractivity contribution in [3.05, 3.63) is 59.9 Å². The molecule has 2 aliphatic rings. The van der Waals surface area contributed by atoms with Gasteiger partial charge < -0.3 is 9.64 Å². The second-order valence-corrected chi connectivity index (χ2v) is 8.71. The van der Waals surface area contributed by atoms with Gasteiger partial charge in [-0.3, -0.25) is 9.88 Å². The van der Waals surface area contributed by atoms with Gasteiger partial charge in [0.05, 0.1) is 6.10 Å². The minimum atomic E-state index is 0.419. The maximum atomic E-state index is 6.37. The van der Waals surface area contributed by atoms with E-state index in [4.69, 9.17) is 4.74 Å². The molecular weight excluding hydrogens is 358 g/mol. The van der Waals surface area contributed by atoms with Gasteiger partial charge in [-0.25, -0.2) is 0 Å². The van der Waals surface area contributed by atoms with E-state index in [1.807, 2.05) is 12.3 Å². The Kier molecular flexibility index (Phi) is 7.18. The fourth-order valence-electron chi connectivity index (χ4n) is 4.73. The number of hydrogen-bond acceptors (Lipinski definition) is 4. The van der Waals surface area contributed by atoms with Gasteiger partial charge in [-0.05, 0) is 70.3 Å². The molecule has 1 unspecified atom stereocenters. The lowest BCUT2D eigenvalue weighted by molar-refractivity contribution is 0.110. The smallest absolute Gasteiger partial charge is 0.124 e. The molecule has 4 rings (SSSR count). The number of para-hydroxylation sites is 1. The third-order valence-corrected chi connectivity index (χ3v) is 6.51. The first-order chi connectivity index (χ1) is 14.3. The van der Waals surface area contributed by atoms with Crippen molar-refractivity contribution in [3.8, 4) is 5.75 Å². The molecule has 1 aromatic heterocycles. The fraction of sp³-hybridized carbons (Fsp3) is 0.560. The van der Waals surface area contributed by atoms with Gasteiger partial charge in [-0.1, -0.05) is 24.3 Å². The Hall–Kier alpha value is -1.91. The lowest BCUT2D eigenvalue weighted by atomic mass is 10.0. The van der Waals surface area contributed by atoms with E-state index >= 15 is 0 Å². The van der Waals surface area contributed by atoms with E-state index in [1.165, 1.54) is 56.3 Å². The highest BCUT2D eigenvalue weighted by atomic mass is 16.5. The lowest BCUT2D eigenvalue weighted by Crippen LogP contribution is -2.46. The zero-order valence-corrected chi connectivity index (χ0v) is 17.8. The number of nitrogens with zero attached hydrogens (tertiary/aromatic N) is 3. The monoisotopic (exact) mass is 393 g/mol. The van der Waals surface area contributed by atoms with Crippen molar-refractivity contribution in [1.82, 2.24) is 14.8 Å². The van der Waals surface area contributed by atoms with Crippen molar-refractivity contribution >= 4 is 0 Å². The molecule has 29 heavy (non-hydrogen) atoms. The molecule has 2 fully saturated rings. The minimum absolute atomic E-state index is 0.419. The van der Waals surface area contributed by atoms with Crippen molar-refractivity contribution in [2.75, 3.05) is 26.7 Å². The van der Waals surface area contributed by atoms with E-state index in [9.17, 15) is 0 Å².